The summed E-state index contributed by atoms with van der Waals surface area (Å²) >= 11 is 0. The maximum atomic E-state index is 12.6. The Balaban J connectivity index is 1.44. The van der Waals surface area contributed by atoms with E-state index < -0.39 is 0 Å². The lowest BCUT2D eigenvalue weighted by Gasteiger charge is -2.32. The topological polar surface area (TPSA) is 49.4 Å². The van der Waals surface area contributed by atoms with Gasteiger partial charge >= 0.3 is 0 Å². The number of carbonyl (C=O) groups excluding carboxylic acids is 2. The molecule has 2 aromatic rings. The Bertz CT molecular complexity index is 814. The minimum atomic E-state index is -0.0284. The van der Waals surface area contributed by atoms with Gasteiger partial charge in [0, 0.05) is 31.1 Å². The summed E-state index contributed by atoms with van der Waals surface area (Å²) in [7, 11) is 0. The normalized spacial score (nSPS) is 15.2. The molecular formula is C25H32N2O2. The quantitative estimate of drug-likeness (QED) is 0.823. The lowest BCUT2D eigenvalue weighted by Crippen LogP contribution is -2.46. The molecule has 0 spiro atoms. The number of benzene rings is 2. The molecule has 3 rings (SSSR count). The first kappa shape index (κ1) is 21.1. The molecule has 0 aliphatic carbocycles. The van der Waals surface area contributed by atoms with Crippen molar-refractivity contribution < 1.29 is 9.59 Å². The molecule has 1 N–H and O–H groups in total. The maximum absolute atomic E-state index is 12.6. The van der Waals surface area contributed by atoms with Gasteiger partial charge in [0.25, 0.3) is 5.91 Å². The highest BCUT2D eigenvalue weighted by Gasteiger charge is 2.24. The smallest absolute Gasteiger partial charge is 0.251 e. The van der Waals surface area contributed by atoms with Crippen LogP contribution in [0.15, 0.2) is 54.6 Å². The van der Waals surface area contributed by atoms with E-state index in [1.165, 1.54) is 11.1 Å². The van der Waals surface area contributed by atoms with Crippen molar-refractivity contribution in [2.45, 2.75) is 57.9 Å². The summed E-state index contributed by atoms with van der Waals surface area (Å²) in [6.45, 7) is 7.91. The van der Waals surface area contributed by atoms with Crippen LogP contribution in [0, 0.1) is 0 Å². The van der Waals surface area contributed by atoms with E-state index in [9.17, 15) is 9.59 Å². The fraction of sp³-hybridized carbons (Fsp3) is 0.440. The van der Waals surface area contributed by atoms with Gasteiger partial charge in [-0.3, -0.25) is 9.59 Å². The highest BCUT2D eigenvalue weighted by molar-refractivity contribution is 5.94. The molecule has 4 heteroatoms. The van der Waals surface area contributed by atoms with Gasteiger partial charge in [-0.1, -0.05) is 63.2 Å². The van der Waals surface area contributed by atoms with E-state index in [4.69, 9.17) is 0 Å². The van der Waals surface area contributed by atoms with Gasteiger partial charge < -0.3 is 10.2 Å². The lowest BCUT2D eigenvalue weighted by atomic mass is 9.86. The molecule has 1 saturated heterocycles. The summed E-state index contributed by atoms with van der Waals surface area (Å²) in [4.78, 5) is 27.0. The molecule has 29 heavy (non-hydrogen) atoms. The number of nitrogens with one attached hydrogen (secondary N) is 1. The minimum absolute atomic E-state index is 0.0284. The number of aryl methyl sites for hydroxylation is 1. The number of hydrogen-bond acceptors (Lipinski definition) is 2. The second-order valence-electron chi connectivity index (χ2n) is 8.94. The average molecular weight is 393 g/mol. The number of likely N-dealkylation sites (tertiary alicyclic amines) is 1. The fourth-order valence-electron chi connectivity index (χ4n) is 3.72. The van der Waals surface area contributed by atoms with Crippen LogP contribution < -0.4 is 5.32 Å². The number of hydrogen-bond donors (Lipinski definition) is 1. The van der Waals surface area contributed by atoms with Gasteiger partial charge in [0.2, 0.25) is 5.91 Å². The van der Waals surface area contributed by atoms with E-state index >= 15 is 0 Å². The third-order valence-corrected chi connectivity index (χ3v) is 5.67. The van der Waals surface area contributed by atoms with Crippen LogP contribution in [0.3, 0.4) is 0 Å². The summed E-state index contributed by atoms with van der Waals surface area (Å²) in [5.41, 5.74) is 3.19. The van der Waals surface area contributed by atoms with Crippen molar-refractivity contribution >= 4 is 11.8 Å². The largest absolute Gasteiger partial charge is 0.349 e. The van der Waals surface area contributed by atoms with E-state index in [0.29, 0.717) is 25.1 Å². The Morgan fingerprint density at radius 3 is 2.17 bits per heavy atom. The Labute approximate surface area is 174 Å². The Morgan fingerprint density at radius 2 is 1.59 bits per heavy atom. The van der Waals surface area contributed by atoms with Crippen LogP contribution in [0.4, 0.5) is 0 Å². The standard InChI is InChI=1S/C25H32N2O2/c1-25(2,3)21-12-10-20(11-13-21)24(29)26-22-15-17-27(18-16-22)23(28)14-9-19-7-5-4-6-8-19/h4-8,10-13,22H,9,14-18H2,1-3H3,(H,26,29). The number of rotatable bonds is 5. The van der Waals surface area contributed by atoms with Crippen molar-refractivity contribution in [2.24, 2.45) is 0 Å². The third-order valence-electron chi connectivity index (χ3n) is 5.67. The first-order chi connectivity index (χ1) is 13.8. The SMILES string of the molecule is CC(C)(C)c1ccc(C(=O)NC2CCN(C(=O)CCc3ccccc3)CC2)cc1. The van der Waals surface area contributed by atoms with Crippen LogP contribution in [0.2, 0.25) is 0 Å². The van der Waals surface area contributed by atoms with E-state index in [2.05, 4.69) is 38.2 Å². The van der Waals surface area contributed by atoms with Crippen LogP contribution in [0.1, 0.15) is 61.5 Å². The minimum Gasteiger partial charge on any atom is -0.349 e. The van der Waals surface area contributed by atoms with Gasteiger partial charge in [0.05, 0.1) is 0 Å². The van der Waals surface area contributed by atoms with Gasteiger partial charge in [-0.25, -0.2) is 0 Å². The summed E-state index contributed by atoms with van der Waals surface area (Å²) in [5, 5.41) is 3.13. The van der Waals surface area contributed by atoms with Gasteiger partial charge in [-0.05, 0) is 47.9 Å². The average Bonchev–Trinajstić information content (AvgIpc) is 2.73. The van der Waals surface area contributed by atoms with E-state index in [0.717, 1.165) is 19.3 Å². The lowest BCUT2D eigenvalue weighted by molar-refractivity contribution is -0.132. The molecule has 1 aliphatic rings. The summed E-state index contributed by atoms with van der Waals surface area (Å²) in [5.74, 6) is 0.177. The molecule has 0 aromatic heterocycles. The summed E-state index contributed by atoms with van der Waals surface area (Å²) < 4.78 is 0. The zero-order chi connectivity index (χ0) is 20.9. The van der Waals surface area contributed by atoms with Gasteiger partial charge in [-0.15, -0.1) is 0 Å². The Morgan fingerprint density at radius 1 is 0.966 bits per heavy atom. The molecular weight excluding hydrogens is 360 g/mol. The van der Waals surface area contributed by atoms with E-state index in [-0.39, 0.29) is 23.3 Å². The maximum Gasteiger partial charge on any atom is 0.251 e. The van der Waals surface area contributed by atoms with Crippen molar-refractivity contribution in [2.75, 3.05) is 13.1 Å². The molecule has 0 saturated carbocycles. The van der Waals surface area contributed by atoms with Gasteiger partial charge in [0.15, 0.2) is 0 Å². The molecule has 0 atom stereocenters. The molecule has 1 aliphatic heterocycles. The molecule has 1 heterocycles. The highest BCUT2D eigenvalue weighted by atomic mass is 16.2. The zero-order valence-corrected chi connectivity index (χ0v) is 17.8. The van der Waals surface area contributed by atoms with Crippen molar-refractivity contribution in [3.05, 3.63) is 71.3 Å². The Hall–Kier alpha value is -2.62. The van der Waals surface area contributed by atoms with Gasteiger partial charge in [-0.2, -0.15) is 0 Å². The molecule has 0 radical (unpaired) electrons. The van der Waals surface area contributed by atoms with E-state index in [1.807, 2.05) is 47.4 Å². The van der Waals surface area contributed by atoms with Crippen LogP contribution in [-0.4, -0.2) is 35.8 Å². The molecule has 2 amide bonds. The predicted octanol–water partition coefficient (Wildman–Crippen LogP) is 4.34. The molecule has 0 bridgehead atoms. The molecule has 2 aromatic carbocycles. The van der Waals surface area contributed by atoms with Crippen LogP contribution in [0.5, 0.6) is 0 Å². The Kier molecular flexibility index (Phi) is 6.73. The van der Waals surface area contributed by atoms with Crippen molar-refractivity contribution in [1.82, 2.24) is 10.2 Å². The molecule has 4 nitrogen and oxygen atoms in total. The van der Waals surface area contributed by atoms with Crippen LogP contribution in [0.25, 0.3) is 0 Å². The van der Waals surface area contributed by atoms with Crippen molar-refractivity contribution in [3.8, 4) is 0 Å². The highest BCUT2D eigenvalue weighted by Crippen LogP contribution is 2.22. The fourth-order valence-corrected chi connectivity index (χ4v) is 3.72. The second kappa shape index (κ2) is 9.25. The van der Waals surface area contributed by atoms with Gasteiger partial charge in [0.1, 0.15) is 0 Å². The molecule has 154 valence electrons. The molecule has 1 fully saturated rings. The summed E-state index contributed by atoms with van der Waals surface area (Å²) in [6.07, 6.45) is 2.94. The molecule has 0 unspecified atom stereocenters. The van der Waals surface area contributed by atoms with Crippen molar-refractivity contribution in [3.63, 3.8) is 0 Å². The van der Waals surface area contributed by atoms with Crippen LogP contribution >= 0.6 is 0 Å². The number of piperidine rings is 1. The van der Waals surface area contributed by atoms with Crippen molar-refractivity contribution in [1.29, 1.82) is 0 Å². The van der Waals surface area contributed by atoms with E-state index in [1.54, 1.807) is 0 Å². The summed E-state index contributed by atoms with van der Waals surface area (Å²) in [6, 6.07) is 18.1. The second-order valence-corrected chi connectivity index (χ2v) is 8.94. The zero-order valence-electron chi connectivity index (χ0n) is 17.8. The predicted molar refractivity (Wildman–Crippen MR) is 117 cm³/mol. The first-order valence-corrected chi connectivity index (χ1v) is 10.6. The third kappa shape index (κ3) is 5.93. The number of nitrogens with zero attached hydrogens (tertiary/aromatic N) is 1. The number of amides is 2. The van der Waals surface area contributed by atoms with Crippen LogP contribution in [-0.2, 0) is 16.6 Å². The first-order valence-electron chi connectivity index (χ1n) is 10.6. The monoisotopic (exact) mass is 392 g/mol. The number of carbonyl (C=O) groups is 2.